The molecule has 4 nitrogen and oxygen atoms in total. The summed E-state index contributed by atoms with van der Waals surface area (Å²) in [5, 5.41) is 4.04. The summed E-state index contributed by atoms with van der Waals surface area (Å²) in [5.41, 5.74) is 1.13. The topological polar surface area (TPSA) is 53.1 Å². The molecule has 0 aliphatic carbocycles. The summed E-state index contributed by atoms with van der Waals surface area (Å²) in [6.07, 6.45) is 1.77. The van der Waals surface area contributed by atoms with Crippen LogP contribution in [0.15, 0.2) is 12.3 Å². The standard InChI is InChI=1S/C7H13N3O/c1-6(5-11-8)7-3-4-9-10(7)2/h3-4,6H,5,8H2,1-2H3. The molecule has 0 aliphatic heterocycles. The van der Waals surface area contributed by atoms with Gasteiger partial charge in [0.1, 0.15) is 0 Å². The zero-order chi connectivity index (χ0) is 8.27. The number of aryl methyl sites for hydroxylation is 1. The number of hydrogen-bond donors (Lipinski definition) is 1. The van der Waals surface area contributed by atoms with Crippen LogP contribution in [0.4, 0.5) is 0 Å². The predicted octanol–water partition coefficient (Wildman–Crippen LogP) is 0.414. The van der Waals surface area contributed by atoms with Gasteiger partial charge in [0.15, 0.2) is 0 Å². The van der Waals surface area contributed by atoms with Crippen molar-refractivity contribution in [3.8, 4) is 0 Å². The molecule has 0 amide bonds. The summed E-state index contributed by atoms with van der Waals surface area (Å²) in [4.78, 5) is 4.54. The minimum atomic E-state index is 0.299. The Morgan fingerprint density at radius 2 is 2.55 bits per heavy atom. The van der Waals surface area contributed by atoms with E-state index in [1.165, 1.54) is 0 Å². The predicted molar refractivity (Wildman–Crippen MR) is 41.8 cm³/mol. The van der Waals surface area contributed by atoms with Gasteiger partial charge < -0.3 is 4.84 Å². The van der Waals surface area contributed by atoms with Crippen molar-refractivity contribution in [1.82, 2.24) is 9.78 Å². The van der Waals surface area contributed by atoms with Gasteiger partial charge in [-0.3, -0.25) is 4.68 Å². The van der Waals surface area contributed by atoms with Crippen LogP contribution in [0.5, 0.6) is 0 Å². The molecule has 0 saturated carbocycles. The molecule has 1 aromatic heterocycles. The molecule has 0 saturated heterocycles. The Morgan fingerprint density at radius 1 is 1.82 bits per heavy atom. The number of rotatable bonds is 3. The van der Waals surface area contributed by atoms with Crippen LogP contribution in [0.25, 0.3) is 0 Å². The van der Waals surface area contributed by atoms with E-state index in [4.69, 9.17) is 5.90 Å². The van der Waals surface area contributed by atoms with E-state index in [1.807, 2.05) is 24.7 Å². The molecular formula is C7H13N3O. The Labute approximate surface area is 65.9 Å². The van der Waals surface area contributed by atoms with Crippen molar-refractivity contribution in [2.75, 3.05) is 6.61 Å². The summed E-state index contributed by atoms with van der Waals surface area (Å²) < 4.78 is 1.82. The van der Waals surface area contributed by atoms with Gasteiger partial charge in [0.25, 0.3) is 0 Å². The number of nitrogens with zero attached hydrogens (tertiary/aromatic N) is 2. The molecule has 0 aromatic carbocycles. The SMILES string of the molecule is CC(CON)c1ccnn1C. The first-order chi connectivity index (χ1) is 5.25. The van der Waals surface area contributed by atoms with Gasteiger partial charge in [-0.25, -0.2) is 5.90 Å². The van der Waals surface area contributed by atoms with Crippen molar-refractivity contribution in [1.29, 1.82) is 0 Å². The van der Waals surface area contributed by atoms with Crippen LogP contribution in [-0.4, -0.2) is 16.4 Å². The van der Waals surface area contributed by atoms with E-state index in [-0.39, 0.29) is 0 Å². The Bertz CT molecular complexity index is 221. The molecule has 0 spiro atoms. The fourth-order valence-electron chi connectivity index (χ4n) is 1.10. The van der Waals surface area contributed by atoms with Gasteiger partial charge in [-0.1, -0.05) is 6.92 Å². The summed E-state index contributed by atoms with van der Waals surface area (Å²) in [5.74, 6) is 5.25. The van der Waals surface area contributed by atoms with Gasteiger partial charge in [-0.15, -0.1) is 0 Å². The molecule has 0 bridgehead atoms. The molecule has 1 atom stereocenters. The molecule has 0 fully saturated rings. The van der Waals surface area contributed by atoms with Crippen molar-refractivity contribution < 1.29 is 4.84 Å². The second kappa shape index (κ2) is 3.50. The molecule has 1 unspecified atom stereocenters. The Kier molecular flexibility index (Phi) is 2.62. The molecule has 0 aliphatic rings. The highest BCUT2D eigenvalue weighted by Gasteiger charge is 2.08. The van der Waals surface area contributed by atoms with Crippen LogP contribution in [0.2, 0.25) is 0 Å². The van der Waals surface area contributed by atoms with Gasteiger partial charge in [0.05, 0.1) is 6.61 Å². The maximum Gasteiger partial charge on any atom is 0.0760 e. The van der Waals surface area contributed by atoms with Gasteiger partial charge >= 0.3 is 0 Å². The van der Waals surface area contributed by atoms with Gasteiger partial charge in [-0.05, 0) is 6.07 Å². The monoisotopic (exact) mass is 155 g/mol. The third kappa shape index (κ3) is 1.78. The Morgan fingerprint density at radius 3 is 3.00 bits per heavy atom. The van der Waals surface area contributed by atoms with E-state index in [0.717, 1.165) is 5.69 Å². The van der Waals surface area contributed by atoms with Crippen molar-refractivity contribution in [3.05, 3.63) is 18.0 Å². The molecule has 1 heterocycles. The second-order valence-electron chi connectivity index (χ2n) is 2.61. The molecular weight excluding hydrogens is 142 g/mol. The van der Waals surface area contributed by atoms with Crippen LogP contribution in [0.3, 0.4) is 0 Å². The van der Waals surface area contributed by atoms with Crippen LogP contribution in [-0.2, 0) is 11.9 Å². The second-order valence-corrected chi connectivity index (χ2v) is 2.61. The van der Waals surface area contributed by atoms with Crippen LogP contribution < -0.4 is 5.90 Å². The maximum absolute atomic E-state index is 4.96. The highest BCUT2D eigenvalue weighted by Crippen LogP contribution is 2.12. The highest BCUT2D eigenvalue weighted by atomic mass is 16.6. The Hall–Kier alpha value is -0.870. The third-order valence-corrected chi connectivity index (χ3v) is 1.71. The van der Waals surface area contributed by atoms with Crippen molar-refractivity contribution in [2.45, 2.75) is 12.8 Å². The molecule has 62 valence electrons. The zero-order valence-corrected chi connectivity index (χ0v) is 6.82. The maximum atomic E-state index is 4.96. The van der Waals surface area contributed by atoms with Gasteiger partial charge in [0.2, 0.25) is 0 Å². The minimum Gasteiger partial charge on any atom is -0.304 e. The van der Waals surface area contributed by atoms with Gasteiger partial charge in [0, 0.05) is 24.9 Å². The van der Waals surface area contributed by atoms with Crippen LogP contribution in [0.1, 0.15) is 18.5 Å². The first kappa shape index (κ1) is 8.23. The lowest BCUT2D eigenvalue weighted by molar-refractivity contribution is 0.125. The normalized spacial score (nSPS) is 13.4. The molecule has 1 rings (SSSR count). The zero-order valence-electron chi connectivity index (χ0n) is 6.82. The fourth-order valence-corrected chi connectivity index (χ4v) is 1.10. The molecule has 2 N–H and O–H groups in total. The third-order valence-electron chi connectivity index (χ3n) is 1.71. The largest absolute Gasteiger partial charge is 0.304 e. The lowest BCUT2D eigenvalue weighted by Crippen LogP contribution is -2.11. The minimum absolute atomic E-state index is 0.299. The molecule has 11 heavy (non-hydrogen) atoms. The van der Waals surface area contributed by atoms with E-state index in [1.54, 1.807) is 6.20 Å². The first-order valence-electron chi connectivity index (χ1n) is 3.55. The van der Waals surface area contributed by atoms with Crippen molar-refractivity contribution >= 4 is 0 Å². The van der Waals surface area contributed by atoms with Crippen molar-refractivity contribution in [3.63, 3.8) is 0 Å². The van der Waals surface area contributed by atoms with Crippen molar-refractivity contribution in [2.24, 2.45) is 12.9 Å². The van der Waals surface area contributed by atoms with E-state index >= 15 is 0 Å². The Balaban J connectivity index is 2.67. The number of aromatic nitrogens is 2. The average molecular weight is 155 g/mol. The van der Waals surface area contributed by atoms with E-state index < -0.39 is 0 Å². The highest BCUT2D eigenvalue weighted by molar-refractivity contribution is 5.05. The fraction of sp³-hybridized carbons (Fsp3) is 0.571. The van der Waals surface area contributed by atoms with Crippen LogP contribution >= 0.6 is 0 Å². The lowest BCUT2D eigenvalue weighted by atomic mass is 10.1. The molecule has 4 heteroatoms. The summed E-state index contributed by atoms with van der Waals surface area (Å²) in [7, 11) is 1.91. The van der Waals surface area contributed by atoms with E-state index in [9.17, 15) is 0 Å². The summed E-state index contributed by atoms with van der Waals surface area (Å²) in [6.45, 7) is 2.57. The van der Waals surface area contributed by atoms with E-state index in [2.05, 4.69) is 9.94 Å². The summed E-state index contributed by atoms with van der Waals surface area (Å²) in [6, 6.07) is 1.96. The van der Waals surface area contributed by atoms with Gasteiger partial charge in [-0.2, -0.15) is 5.10 Å². The molecule has 1 aromatic rings. The number of hydrogen-bond acceptors (Lipinski definition) is 3. The van der Waals surface area contributed by atoms with E-state index in [0.29, 0.717) is 12.5 Å². The molecule has 0 radical (unpaired) electrons. The average Bonchev–Trinajstić information content (AvgIpc) is 2.36. The quantitative estimate of drug-likeness (QED) is 0.643. The van der Waals surface area contributed by atoms with Crippen LogP contribution in [0, 0.1) is 0 Å². The smallest absolute Gasteiger partial charge is 0.0760 e. The first-order valence-corrected chi connectivity index (χ1v) is 3.55. The number of nitrogens with two attached hydrogens (primary N) is 1. The summed E-state index contributed by atoms with van der Waals surface area (Å²) >= 11 is 0. The lowest BCUT2D eigenvalue weighted by Gasteiger charge is -2.08.